The zero-order valence-electron chi connectivity index (χ0n) is 11.4. The number of sulfonamides is 1. The third-order valence-electron chi connectivity index (χ3n) is 3.86. The van der Waals surface area contributed by atoms with Gasteiger partial charge in [0.05, 0.1) is 12.3 Å². The zero-order chi connectivity index (χ0) is 13.9. The number of nitrogens with one attached hydrogen (secondary N) is 2. The lowest BCUT2D eigenvalue weighted by molar-refractivity contribution is -0.126. The van der Waals surface area contributed by atoms with Gasteiger partial charge in [-0.15, -0.1) is 0 Å². The van der Waals surface area contributed by atoms with Gasteiger partial charge in [-0.1, -0.05) is 0 Å². The van der Waals surface area contributed by atoms with Crippen molar-refractivity contribution in [2.24, 2.45) is 0 Å². The predicted octanol–water partition coefficient (Wildman–Crippen LogP) is -0.331. The molecular weight excluding hydrogens is 266 g/mol. The molecule has 2 fully saturated rings. The minimum atomic E-state index is -3.13. The van der Waals surface area contributed by atoms with Crippen LogP contribution in [-0.4, -0.2) is 57.2 Å². The highest BCUT2D eigenvalue weighted by atomic mass is 32.2. The number of hydrogen-bond donors (Lipinski definition) is 2. The fourth-order valence-electron chi connectivity index (χ4n) is 2.90. The number of amides is 1. The molecular formula is C12H23N3O3S. The number of likely N-dealkylation sites (tertiary alicyclic amines) is 1. The molecule has 0 saturated carbocycles. The highest BCUT2D eigenvalue weighted by Gasteiger charge is 2.30. The lowest BCUT2D eigenvalue weighted by atomic mass is 10.0. The number of hydrogen-bond acceptors (Lipinski definition) is 4. The Hall–Kier alpha value is -0.660. The van der Waals surface area contributed by atoms with Crippen molar-refractivity contribution in [3.63, 3.8) is 0 Å². The molecule has 0 aromatic rings. The van der Waals surface area contributed by atoms with Crippen LogP contribution in [0.2, 0.25) is 0 Å². The predicted molar refractivity (Wildman–Crippen MR) is 73.2 cm³/mol. The van der Waals surface area contributed by atoms with E-state index in [1.807, 2.05) is 0 Å². The molecule has 2 aliphatic heterocycles. The van der Waals surface area contributed by atoms with Crippen LogP contribution in [0.3, 0.4) is 0 Å². The van der Waals surface area contributed by atoms with Crippen LogP contribution in [0.4, 0.5) is 0 Å². The van der Waals surface area contributed by atoms with Gasteiger partial charge in [0.1, 0.15) is 0 Å². The Labute approximate surface area is 115 Å². The number of rotatable bonds is 3. The van der Waals surface area contributed by atoms with E-state index >= 15 is 0 Å². The van der Waals surface area contributed by atoms with E-state index in [9.17, 15) is 13.2 Å². The van der Waals surface area contributed by atoms with Crippen LogP contribution in [0.1, 0.15) is 32.1 Å². The highest BCUT2D eigenvalue weighted by Crippen LogP contribution is 2.18. The van der Waals surface area contributed by atoms with Gasteiger partial charge in [0.2, 0.25) is 15.9 Å². The van der Waals surface area contributed by atoms with Crippen molar-refractivity contribution in [1.29, 1.82) is 0 Å². The molecule has 0 unspecified atom stereocenters. The standard InChI is InChI=1S/C12H23N3O3S/c1-19(17,18)14-10-5-8-15(9-6-10)11-4-2-3-7-13-12(11)16/h10-11,14H,2-9H2,1H3,(H,13,16)/t11-/m0/s1. The molecule has 2 saturated heterocycles. The lowest BCUT2D eigenvalue weighted by Gasteiger charge is -2.36. The second-order valence-electron chi connectivity index (χ2n) is 5.50. The molecule has 6 nitrogen and oxygen atoms in total. The van der Waals surface area contributed by atoms with E-state index in [1.54, 1.807) is 0 Å². The van der Waals surface area contributed by atoms with Crippen LogP contribution in [0, 0.1) is 0 Å². The van der Waals surface area contributed by atoms with E-state index in [-0.39, 0.29) is 18.0 Å². The quantitative estimate of drug-likeness (QED) is 0.745. The second kappa shape index (κ2) is 6.19. The third kappa shape index (κ3) is 4.43. The van der Waals surface area contributed by atoms with Crippen molar-refractivity contribution in [3.8, 4) is 0 Å². The summed E-state index contributed by atoms with van der Waals surface area (Å²) in [5.41, 5.74) is 0. The van der Waals surface area contributed by atoms with Crippen molar-refractivity contribution in [2.75, 3.05) is 25.9 Å². The van der Waals surface area contributed by atoms with Crippen LogP contribution in [0.25, 0.3) is 0 Å². The molecule has 2 N–H and O–H groups in total. The second-order valence-corrected chi connectivity index (χ2v) is 7.28. The van der Waals surface area contributed by atoms with Gasteiger partial charge in [0.25, 0.3) is 0 Å². The number of carbonyl (C=O) groups excluding carboxylic acids is 1. The SMILES string of the molecule is CS(=O)(=O)NC1CCN([C@H]2CCCCNC2=O)CC1. The fraction of sp³-hybridized carbons (Fsp3) is 0.917. The maximum absolute atomic E-state index is 12.0. The molecule has 2 heterocycles. The average molecular weight is 289 g/mol. The average Bonchev–Trinajstić information content (AvgIpc) is 2.53. The van der Waals surface area contributed by atoms with E-state index in [2.05, 4.69) is 14.9 Å². The first kappa shape index (κ1) is 14.7. The van der Waals surface area contributed by atoms with Gasteiger partial charge in [-0.2, -0.15) is 0 Å². The number of nitrogens with zero attached hydrogens (tertiary/aromatic N) is 1. The topological polar surface area (TPSA) is 78.5 Å². The van der Waals surface area contributed by atoms with Crippen molar-refractivity contribution in [2.45, 2.75) is 44.2 Å². The minimum absolute atomic E-state index is 0.0140. The minimum Gasteiger partial charge on any atom is -0.355 e. The summed E-state index contributed by atoms with van der Waals surface area (Å²) < 4.78 is 25.0. The van der Waals surface area contributed by atoms with Crippen LogP contribution >= 0.6 is 0 Å². The first-order valence-electron chi connectivity index (χ1n) is 6.95. The summed E-state index contributed by atoms with van der Waals surface area (Å²) in [5, 5.41) is 2.95. The van der Waals surface area contributed by atoms with Gasteiger partial charge in [-0.25, -0.2) is 13.1 Å². The summed E-state index contributed by atoms with van der Waals surface area (Å²) in [6.45, 7) is 2.35. The Balaban J connectivity index is 1.86. The monoisotopic (exact) mass is 289 g/mol. The maximum Gasteiger partial charge on any atom is 0.237 e. The largest absolute Gasteiger partial charge is 0.355 e. The van der Waals surface area contributed by atoms with E-state index in [1.165, 1.54) is 6.26 Å². The first-order chi connectivity index (χ1) is 8.96. The molecule has 0 aliphatic carbocycles. The van der Waals surface area contributed by atoms with E-state index in [0.717, 1.165) is 51.7 Å². The summed E-state index contributed by atoms with van der Waals surface area (Å²) in [6, 6.07) is -0.0122. The Bertz CT molecular complexity index is 416. The van der Waals surface area contributed by atoms with Gasteiger partial charge in [0.15, 0.2) is 0 Å². The molecule has 110 valence electrons. The molecule has 0 radical (unpaired) electrons. The molecule has 0 spiro atoms. The van der Waals surface area contributed by atoms with Crippen molar-refractivity contribution in [3.05, 3.63) is 0 Å². The normalized spacial score (nSPS) is 27.8. The Kier molecular flexibility index (Phi) is 4.81. The summed E-state index contributed by atoms with van der Waals surface area (Å²) in [6.07, 6.45) is 5.78. The van der Waals surface area contributed by atoms with Crippen molar-refractivity contribution >= 4 is 15.9 Å². The Morgan fingerprint density at radius 2 is 1.89 bits per heavy atom. The smallest absolute Gasteiger partial charge is 0.237 e. The Morgan fingerprint density at radius 3 is 2.53 bits per heavy atom. The van der Waals surface area contributed by atoms with E-state index in [4.69, 9.17) is 0 Å². The molecule has 0 aromatic heterocycles. The Morgan fingerprint density at radius 1 is 1.21 bits per heavy atom. The molecule has 1 amide bonds. The number of carbonyl (C=O) groups is 1. The van der Waals surface area contributed by atoms with E-state index in [0.29, 0.717) is 0 Å². The van der Waals surface area contributed by atoms with Crippen molar-refractivity contribution < 1.29 is 13.2 Å². The molecule has 0 bridgehead atoms. The van der Waals surface area contributed by atoms with Gasteiger partial charge < -0.3 is 5.32 Å². The lowest BCUT2D eigenvalue weighted by Crippen LogP contribution is -2.52. The molecule has 1 atom stereocenters. The zero-order valence-corrected chi connectivity index (χ0v) is 12.2. The molecule has 19 heavy (non-hydrogen) atoms. The van der Waals surface area contributed by atoms with Crippen LogP contribution in [0.15, 0.2) is 0 Å². The summed E-state index contributed by atoms with van der Waals surface area (Å²) in [4.78, 5) is 14.2. The van der Waals surface area contributed by atoms with E-state index < -0.39 is 10.0 Å². The third-order valence-corrected chi connectivity index (χ3v) is 4.62. The van der Waals surface area contributed by atoms with Crippen molar-refractivity contribution in [1.82, 2.24) is 14.9 Å². The van der Waals surface area contributed by atoms with Gasteiger partial charge in [-0.05, 0) is 32.1 Å². The summed E-state index contributed by atoms with van der Waals surface area (Å²) in [7, 11) is -3.13. The van der Waals surface area contributed by atoms with Crippen LogP contribution < -0.4 is 10.0 Å². The molecule has 2 rings (SSSR count). The summed E-state index contributed by atoms with van der Waals surface area (Å²) in [5.74, 6) is 0.132. The first-order valence-corrected chi connectivity index (χ1v) is 8.84. The molecule has 2 aliphatic rings. The van der Waals surface area contributed by atoms with Gasteiger partial charge >= 0.3 is 0 Å². The summed E-state index contributed by atoms with van der Waals surface area (Å²) >= 11 is 0. The molecule has 7 heteroatoms. The van der Waals surface area contributed by atoms with Gasteiger partial charge in [0, 0.05) is 25.7 Å². The highest BCUT2D eigenvalue weighted by molar-refractivity contribution is 7.88. The van der Waals surface area contributed by atoms with Crippen LogP contribution in [-0.2, 0) is 14.8 Å². The molecule has 0 aromatic carbocycles. The van der Waals surface area contributed by atoms with Crippen LogP contribution in [0.5, 0.6) is 0 Å². The number of piperidine rings is 1. The maximum atomic E-state index is 12.0. The fourth-order valence-corrected chi connectivity index (χ4v) is 3.74. The van der Waals surface area contributed by atoms with Gasteiger partial charge in [-0.3, -0.25) is 9.69 Å².